The number of fused-ring (bicyclic) bond motifs is 3. The first kappa shape index (κ1) is 9.21. The minimum atomic E-state index is -0.344. The minimum Gasteiger partial charge on any atom is -0.390 e. The van der Waals surface area contributed by atoms with Crippen LogP contribution in [0, 0.1) is 29.6 Å². The highest BCUT2D eigenvalue weighted by Crippen LogP contribution is 2.61. The second-order valence-corrected chi connectivity index (χ2v) is 6.29. The quantitative estimate of drug-likeness (QED) is 0.628. The standard InChI is InChI=1S/C13H22O/c1-8-3-4-11-12(8)10-7-9(10)5-6-13(11,2)14/h8-12,14H,3-7H2,1-2H3. The maximum absolute atomic E-state index is 10.5. The first-order valence-electron chi connectivity index (χ1n) is 6.32. The molecule has 0 spiro atoms. The molecule has 1 N–H and O–H groups in total. The van der Waals surface area contributed by atoms with Gasteiger partial charge in [0.05, 0.1) is 5.60 Å². The third kappa shape index (κ3) is 1.18. The highest BCUT2D eigenvalue weighted by molar-refractivity contribution is 5.06. The molecule has 0 saturated heterocycles. The lowest BCUT2D eigenvalue weighted by molar-refractivity contribution is -0.0262. The molecule has 6 unspecified atom stereocenters. The Morgan fingerprint density at radius 2 is 2.00 bits per heavy atom. The summed E-state index contributed by atoms with van der Waals surface area (Å²) in [5.41, 5.74) is -0.344. The molecular formula is C13H22O. The summed E-state index contributed by atoms with van der Waals surface area (Å²) in [6.45, 7) is 4.49. The predicted octanol–water partition coefficient (Wildman–Crippen LogP) is 2.83. The molecule has 3 fully saturated rings. The van der Waals surface area contributed by atoms with Gasteiger partial charge >= 0.3 is 0 Å². The zero-order chi connectivity index (χ0) is 9.92. The highest BCUT2D eigenvalue weighted by atomic mass is 16.3. The Bertz CT molecular complexity index is 246. The van der Waals surface area contributed by atoms with Crippen molar-refractivity contribution >= 4 is 0 Å². The molecule has 0 bridgehead atoms. The number of hydrogen-bond donors (Lipinski definition) is 1. The van der Waals surface area contributed by atoms with Gasteiger partial charge in [-0.15, -0.1) is 0 Å². The van der Waals surface area contributed by atoms with E-state index in [9.17, 15) is 5.11 Å². The van der Waals surface area contributed by atoms with Crippen molar-refractivity contribution in [1.82, 2.24) is 0 Å². The molecule has 1 nitrogen and oxygen atoms in total. The van der Waals surface area contributed by atoms with Crippen molar-refractivity contribution in [3.05, 3.63) is 0 Å². The zero-order valence-corrected chi connectivity index (χ0v) is 9.37. The Balaban J connectivity index is 1.91. The second-order valence-electron chi connectivity index (χ2n) is 6.29. The van der Waals surface area contributed by atoms with Crippen molar-refractivity contribution in [2.24, 2.45) is 29.6 Å². The predicted molar refractivity (Wildman–Crippen MR) is 56.8 cm³/mol. The molecule has 0 aromatic carbocycles. The molecule has 0 heterocycles. The Hall–Kier alpha value is -0.0400. The number of aliphatic hydroxyl groups is 1. The average Bonchev–Trinajstić information content (AvgIpc) is 2.79. The van der Waals surface area contributed by atoms with Crippen LogP contribution in [-0.2, 0) is 0 Å². The van der Waals surface area contributed by atoms with Crippen molar-refractivity contribution in [3.63, 3.8) is 0 Å². The van der Waals surface area contributed by atoms with Crippen molar-refractivity contribution in [1.29, 1.82) is 0 Å². The molecule has 1 heteroatoms. The van der Waals surface area contributed by atoms with Gasteiger partial charge in [0.1, 0.15) is 0 Å². The molecule has 3 aliphatic rings. The van der Waals surface area contributed by atoms with Crippen LogP contribution in [0.2, 0.25) is 0 Å². The summed E-state index contributed by atoms with van der Waals surface area (Å²) in [7, 11) is 0. The number of rotatable bonds is 0. The molecule has 14 heavy (non-hydrogen) atoms. The summed E-state index contributed by atoms with van der Waals surface area (Å²) in [5.74, 6) is 4.33. The van der Waals surface area contributed by atoms with E-state index in [1.165, 1.54) is 25.7 Å². The summed E-state index contributed by atoms with van der Waals surface area (Å²) in [6, 6.07) is 0. The largest absolute Gasteiger partial charge is 0.390 e. The SMILES string of the molecule is CC1CCC2C1C1CC1CCC2(C)O. The van der Waals surface area contributed by atoms with Crippen LogP contribution in [0.4, 0.5) is 0 Å². The second kappa shape index (κ2) is 2.75. The van der Waals surface area contributed by atoms with E-state index in [0.29, 0.717) is 5.92 Å². The van der Waals surface area contributed by atoms with Gasteiger partial charge in [0, 0.05) is 0 Å². The average molecular weight is 194 g/mol. The van der Waals surface area contributed by atoms with Crippen LogP contribution in [0.1, 0.15) is 46.0 Å². The van der Waals surface area contributed by atoms with Crippen molar-refractivity contribution in [2.45, 2.75) is 51.6 Å². The first-order chi connectivity index (χ1) is 6.59. The summed E-state index contributed by atoms with van der Waals surface area (Å²) in [4.78, 5) is 0. The van der Waals surface area contributed by atoms with Crippen LogP contribution in [0.3, 0.4) is 0 Å². The van der Waals surface area contributed by atoms with E-state index < -0.39 is 0 Å². The maximum Gasteiger partial charge on any atom is 0.0650 e. The molecule has 3 saturated carbocycles. The third-order valence-electron chi connectivity index (χ3n) is 5.35. The van der Waals surface area contributed by atoms with Gasteiger partial charge < -0.3 is 5.11 Å². The van der Waals surface area contributed by atoms with Crippen LogP contribution in [0.5, 0.6) is 0 Å². The van der Waals surface area contributed by atoms with E-state index >= 15 is 0 Å². The summed E-state index contributed by atoms with van der Waals surface area (Å²) >= 11 is 0. The van der Waals surface area contributed by atoms with Crippen LogP contribution < -0.4 is 0 Å². The molecule has 0 aliphatic heterocycles. The van der Waals surface area contributed by atoms with E-state index in [1.807, 2.05) is 0 Å². The Labute approximate surface area is 86.9 Å². The van der Waals surface area contributed by atoms with Crippen LogP contribution in [0.15, 0.2) is 0 Å². The highest BCUT2D eigenvalue weighted by Gasteiger charge is 2.56. The molecule has 0 aromatic rings. The molecule has 3 aliphatic carbocycles. The summed E-state index contributed by atoms with van der Waals surface area (Å²) in [6.07, 6.45) is 6.46. The van der Waals surface area contributed by atoms with E-state index in [1.54, 1.807) is 0 Å². The van der Waals surface area contributed by atoms with Gasteiger partial charge in [-0.1, -0.05) is 13.3 Å². The normalized spacial score (nSPS) is 61.5. The van der Waals surface area contributed by atoms with E-state index in [4.69, 9.17) is 0 Å². The lowest BCUT2D eigenvalue weighted by atomic mass is 9.76. The van der Waals surface area contributed by atoms with Gasteiger partial charge in [-0.3, -0.25) is 0 Å². The molecule has 80 valence electrons. The minimum absolute atomic E-state index is 0.344. The van der Waals surface area contributed by atoms with Gasteiger partial charge in [0.25, 0.3) is 0 Å². The van der Waals surface area contributed by atoms with Gasteiger partial charge in [-0.2, -0.15) is 0 Å². The van der Waals surface area contributed by atoms with Crippen molar-refractivity contribution < 1.29 is 5.11 Å². The van der Waals surface area contributed by atoms with Gasteiger partial charge in [-0.25, -0.2) is 0 Å². The molecule has 3 rings (SSSR count). The monoisotopic (exact) mass is 194 g/mol. The van der Waals surface area contributed by atoms with Crippen LogP contribution in [-0.4, -0.2) is 10.7 Å². The van der Waals surface area contributed by atoms with Crippen LogP contribution >= 0.6 is 0 Å². The molecule has 0 radical (unpaired) electrons. The topological polar surface area (TPSA) is 20.2 Å². The maximum atomic E-state index is 10.5. The van der Waals surface area contributed by atoms with Crippen LogP contribution in [0.25, 0.3) is 0 Å². The van der Waals surface area contributed by atoms with E-state index in [-0.39, 0.29) is 5.60 Å². The summed E-state index contributed by atoms with van der Waals surface area (Å²) < 4.78 is 0. The fraction of sp³-hybridized carbons (Fsp3) is 1.00. The van der Waals surface area contributed by atoms with Crippen molar-refractivity contribution in [3.8, 4) is 0 Å². The molecule has 6 atom stereocenters. The fourth-order valence-corrected chi connectivity index (χ4v) is 4.41. The first-order valence-corrected chi connectivity index (χ1v) is 6.32. The smallest absolute Gasteiger partial charge is 0.0650 e. The van der Waals surface area contributed by atoms with E-state index in [0.717, 1.165) is 30.1 Å². The Kier molecular flexibility index (Phi) is 1.81. The lowest BCUT2D eigenvalue weighted by Gasteiger charge is -2.34. The number of hydrogen-bond acceptors (Lipinski definition) is 1. The van der Waals surface area contributed by atoms with Gasteiger partial charge in [0.2, 0.25) is 0 Å². The third-order valence-corrected chi connectivity index (χ3v) is 5.35. The van der Waals surface area contributed by atoms with Crippen molar-refractivity contribution in [2.75, 3.05) is 0 Å². The Morgan fingerprint density at radius 3 is 2.79 bits per heavy atom. The summed E-state index contributed by atoms with van der Waals surface area (Å²) in [5, 5.41) is 10.5. The zero-order valence-electron chi connectivity index (χ0n) is 9.37. The van der Waals surface area contributed by atoms with Gasteiger partial charge in [0.15, 0.2) is 0 Å². The van der Waals surface area contributed by atoms with Gasteiger partial charge in [-0.05, 0) is 62.2 Å². The molecule has 0 amide bonds. The molecular weight excluding hydrogens is 172 g/mol. The lowest BCUT2D eigenvalue weighted by Crippen LogP contribution is -2.37. The Morgan fingerprint density at radius 1 is 1.21 bits per heavy atom. The van der Waals surface area contributed by atoms with E-state index in [2.05, 4.69) is 13.8 Å². The fourth-order valence-electron chi connectivity index (χ4n) is 4.41. The molecule has 0 aromatic heterocycles.